The van der Waals surface area contributed by atoms with Crippen molar-refractivity contribution in [2.45, 2.75) is 37.8 Å². The molecule has 1 saturated carbocycles. The van der Waals surface area contributed by atoms with E-state index in [4.69, 9.17) is 4.74 Å². The van der Waals surface area contributed by atoms with Crippen molar-refractivity contribution in [1.82, 2.24) is 10.2 Å². The SMILES string of the molecule is O=C(NC1COC1)C1CCCN1C(=O)C1CC1. The number of nitrogens with one attached hydrogen (secondary N) is 1. The molecule has 1 unspecified atom stereocenters. The zero-order valence-electron chi connectivity index (χ0n) is 9.85. The minimum atomic E-state index is -0.233. The molecule has 3 rings (SSSR count). The van der Waals surface area contributed by atoms with E-state index in [-0.39, 0.29) is 29.8 Å². The summed E-state index contributed by atoms with van der Waals surface area (Å²) in [6.45, 7) is 1.96. The fraction of sp³-hybridized carbons (Fsp3) is 0.833. The van der Waals surface area contributed by atoms with Gasteiger partial charge in [-0.15, -0.1) is 0 Å². The van der Waals surface area contributed by atoms with Crippen LogP contribution in [0.4, 0.5) is 0 Å². The van der Waals surface area contributed by atoms with Crippen LogP contribution in [-0.2, 0) is 14.3 Å². The van der Waals surface area contributed by atoms with E-state index in [1.54, 1.807) is 4.90 Å². The van der Waals surface area contributed by atoms with Gasteiger partial charge in [0.25, 0.3) is 0 Å². The van der Waals surface area contributed by atoms with E-state index in [1.165, 1.54) is 0 Å². The molecule has 2 heterocycles. The van der Waals surface area contributed by atoms with Crippen LogP contribution in [0.25, 0.3) is 0 Å². The van der Waals surface area contributed by atoms with Crippen molar-refractivity contribution >= 4 is 11.8 Å². The van der Waals surface area contributed by atoms with E-state index in [0.29, 0.717) is 13.2 Å². The lowest BCUT2D eigenvalue weighted by Crippen LogP contribution is -2.54. The van der Waals surface area contributed by atoms with Gasteiger partial charge in [-0.25, -0.2) is 0 Å². The van der Waals surface area contributed by atoms with E-state index in [9.17, 15) is 9.59 Å². The number of carbonyl (C=O) groups is 2. The lowest BCUT2D eigenvalue weighted by Gasteiger charge is -2.30. The largest absolute Gasteiger partial charge is 0.377 e. The summed E-state index contributed by atoms with van der Waals surface area (Å²) >= 11 is 0. The van der Waals surface area contributed by atoms with Crippen LogP contribution in [0.5, 0.6) is 0 Å². The molecule has 2 amide bonds. The predicted molar refractivity (Wildman–Crippen MR) is 60.2 cm³/mol. The number of hydrogen-bond donors (Lipinski definition) is 1. The van der Waals surface area contributed by atoms with Gasteiger partial charge >= 0.3 is 0 Å². The van der Waals surface area contributed by atoms with Crippen LogP contribution < -0.4 is 5.32 Å². The van der Waals surface area contributed by atoms with E-state index in [2.05, 4.69) is 5.32 Å². The van der Waals surface area contributed by atoms with Crippen molar-refractivity contribution in [3.05, 3.63) is 0 Å². The Morgan fingerprint density at radius 2 is 1.94 bits per heavy atom. The van der Waals surface area contributed by atoms with Crippen molar-refractivity contribution in [3.63, 3.8) is 0 Å². The van der Waals surface area contributed by atoms with Crippen LogP contribution in [0.15, 0.2) is 0 Å². The molecule has 0 aromatic heterocycles. The first-order chi connectivity index (χ1) is 8.25. The van der Waals surface area contributed by atoms with Gasteiger partial charge < -0.3 is 15.0 Å². The number of amides is 2. The van der Waals surface area contributed by atoms with Crippen LogP contribution in [-0.4, -0.2) is 48.6 Å². The maximum Gasteiger partial charge on any atom is 0.243 e. The third-order valence-corrected chi connectivity index (χ3v) is 3.75. The van der Waals surface area contributed by atoms with Crippen molar-refractivity contribution < 1.29 is 14.3 Å². The second kappa shape index (κ2) is 4.29. The molecule has 3 fully saturated rings. The van der Waals surface area contributed by atoms with Crippen molar-refractivity contribution in [2.24, 2.45) is 5.92 Å². The summed E-state index contributed by atoms with van der Waals surface area (Å²) in [5.74, 6) is 0.396. The minimum Gasteiger partial charge on any atom is -0.377 e. The first-order valence-electron chi connectivity index (χ1n) is 6.44. The van der Waals surface area contributed by atoms with Crippen molar-refractivity contribution in [2.75, 3.05) is 19.8 Å². The summed E-state index contributed by atoms with van der Waals surface area (Å²) in [5.41, 5.74) is 0. The highest BCUT2D eigenvalue weighted by atomic mass is 16.5. The molecule has 0 bridgehead atoms. The molecule has 0 aromatic rings. The van der Waals surface area contributed by atoms with Crippen LogP contribution in [0.1, 0.15) is 25.7 Å². The van der Waals surface area contributed by atoms with Crippen molar-refractivity contribution in [1.29, 1.82) is 0 Å². The molecule has 94 valence electrons. The summed E-state index contributed by atoms with van der Waals surface area (Å²) in [5, 5.41) is 2.94. The van der Waals surface area contributed by atoms with Gasteiger partial charge in [0.2, 0.25) is 11.8 Å². The number of ether oxygens (including phenoxy) is 1. The number of nitrogens with zero attached hydrogens (tertiary/aromatic N) is 1. The Bertz CT molecular complexity index is 337. The fourth-order valence-electron chi connectivity index (χ4n) is 2.48. The van der Waals surface area contributed by atoms with Gasteiger partial charge in [-0.2, -0.15) is 0 Å². The average Bonchev–Trinajstić information content (AvgIpc) is 2.99. The molecule has 0 aromatic carbocycles. The Kier molecular flexibility index (Phi) is 2.78. The molecular formula is C12H18N2O3. The highest BCUT2D eigenvalue weighted by Crippen LogP contribution is 2.33. The second-order valence-electron chi connectivity index (χ2n) is 5.21. The number of hydrogen-bond acceptors (Lipinski definition) is 3. The maximum absolute atomic E-state index is 12.0. The third kappa shape index (κ3) is 2.16. The Morgan fingerprint density at radius 1 is 1.18 bits per heavy atom. The standard InChI is InChI=1S/C12H18N2O3/c15-11(13-9-6-17-7-9)10-2-1-5-14(10)12(16)8-3-4-8/h8-10H,1-7H2,(H,13,15). The van der Waals surface area contributed by atoms with Crippen LogP contribution in [0, 0.1) is 5.92 Å². The van der Waals surface area contributed by atoms with Gasteiger partial charge in [-0.05, 0) is 25.7 Å². The highest BCUT2D eigenvalue weighted by molar-refractivity contribution is 5.90. The van der Waals surface area contributed by atoms with Gasteiger partial charge in [-0.1, -0.05) is 0 Å². The van der Waals surface area contributed by atoms with Gasteiger partial charge in [-0.3, -0.25) is 9.59 Å². The zero-order chi connectivity index (χ0) is 11.8. The first kappa shape index (κ1) is 11.0. The first-order valence-corrected chi connectivity index (χ1v) is 6.44. The Hall–Kier alpha value is -1.10. The summed E-state index contributed by atoms with van der Waals surface area (Å²) in [6.07, 6.45) is 3.75. The van der Waals surface area contributed by atoms with Gasteiger partial charge in [0.05, 0.1) is 19.3 Å². The molecule has 5 heteroatoms. The summed E-state index contributed by atoms with van der Waals surface area (Å²) < 4.78 is 5.03. The number of carbonyl (C=O) groups excluding carboxylic acids is 2. The van der Waals surface area contributed by atoms with Gasteiger partial charge in [0.15, 0.2) is 0 Å². The molecule has 1 aliphatic carbocycles. The molecule has 1 atom stereocenters. The Balaban J connectivity index is 1.59. The second-order valence-corrected chi connectivity index (χ2v) is 5.21. The lowest BCUT2D eigenvalue weighted by molar-refractivity contribution is -0.141. The molecule has 0 radical (unpaired) electrons. The molecular weight excluding hydrogens is 220 g/mol. The van der Waals surface area contributed by atoms with Crippen LogP contribution in [0.2, 0.25) is 0 Å². The smallest absolute Gasteiger partial charge is 0.243 e. The van der Waals surface area contributed by atoms with Crippen LogP contribution in [0.3, 0.4) is 0 Å². The van der Waals surface area contributed by atoms with E-state index in [0.717, 1.165) is 32.2 Å². The van der Waals surface area contributed by atoms with E-state index < -0.39 is 0 Å². The van der Waals surface area contributed by atoms with E-state index >= 15 is 0 Å². The topological polar surface area (TPSA) is 58.6 Å². The summed E-state index contributed by atoms with van der Waals surface area (Å²) in [6, 6.07) is -0.0790. The molecule has 2 saturated heterocycles. The predicted octanol–water partition coefficient (Wildman–Crippen LogP) is -0.0976. The number of rotatable bonds is 3. The fourth-order valence-corrected chi connectivity index (χ4v) is 2.48. The molecule has 5 nitrogen and oxygen atoms in total. The third-order valence-electron chi connectivity index (χ3n) is 3.75. The van der Waals surface area contributed by atoms with Gasteiger partial charge in [0, 0.05) is 12.5 Å². The Morgan fingerprint density at radius 3 is 2.53 bits per heavy atom. The minimum absolute atomic E-state index is 0.00444. The summed E-state index contributed by atoms with van der Waals surface area (Å²) in [7, 11) is 0. The lowest BCUT2D eigenvalue weighted by atomic mass is 10.1. The Labute approximate surface area is 100 Å². The zero-order valence-corrected chi connectivity index (χ0v) is 9.85. The highest BCUT2D eigenvalue weighted by Gasteiger charge is 2.41. The van der Waals surface area contributed by atoms with Crippen molar-refractivity contribution in [3.8, 4) is 0 Å². The summed E-state index contributed by atoms with van der Waals surface area (Å²) in [4.78, 5) is 25.8. The normalized spacial score (nSPS) is 28.9. The molecule has 0 spiro atoms. The van der Waals surface area contributed by atoms with E-state index in [1.807, 2.05) is 0 Å². The molecule has 2 aliphatic heterocycles. The van der Waals surface area contributed by atoms with Gasteiger partial charge in [0.1, 0.15) is 6.04 Å². The molecule has 3 aliphatic rings. The average molecular weight is 238 g/mol. The molecule has 17 heavy (non-hydrogen) atoms. The maximum atomic E-state index is 12.0. The quantitative estimate of drug-likeness (QED) is 0.747. The number of likely N-dealkylation sites (tertiary alicyclic amines) is 1. The molecule has 1 N–H and O–H groups in total. The van der Waals surface area contributed by atoms with Crippen LogP contribution >= 0.6 is 0 Å². The monoisotopic (exact) mass is 238 g/mol.